The molecule has 26 heavy (non-hydrogen) atoms. The van der Waals surface area contributed by atoms with Crippen LogP contribution in [0.15, 0.2) is 23.2 Å². The molecule has 0 aliphatic carbocycles. The SMILES string of the molecule is CCNC(=NCCCN1CCOCC1)Nc1ccc(OCC)c(OC)c1. The Morgan fingerprint density at radius 3 is 2.73 bits per heavy atom. The fourth-order valence-electron chi connectivity index (χ4n) is 2.77. The van der Waals surface area contributed by atoms with E-state index in [0.29, 0.717) is 12.4 Å². The van der Waals surface area contributed by atoms with Gasteiger partial charge in [0, 0.05) is 44.5 Å². The molecule has 0 saturated carbocycles. The van der Waals surface area contributed by atoms with Gasteiger partial charge in [0.1, 0.15) is 0 Å². The summed E-state index contributed by atoms with van der Waals surface area (Å²) in [6.07, 6.45) is 1.03. The van der Waals surface area contributed by atoms with Crippen LogP contribution in [0, 0.1) is 0 Å². The van der Waals surface area contributed by atoms with Crippen LogP contribution in [0.1, 0.15) is 20.3 Å². The van der Waals surface area contributed by atoms with E-state index in [0.717, 1.165) is 69.8 Å². The van der Waals surface area contributed by atoms with Crippen LogP contribution in [0.3, 0.4) is 0 Å². The maximum atomic E-state index is 5.56. The normalized spacial score (nSPS) is 15.6. The summed E-state index contributed by atoms with van der Waals surface area (Å²) < 4.78 is 16.3. The number of nitrogens with one attached hydrogen (secondary N) is 2. The van der Waals surface area contributed by atoms with E-state index in [4.69, 9.17) is 14.2 Å². The molecule has 1 fully saturated rings. The number of methoxy groups -OCH3 is 1. The number of nitrogens with zero attached hydrogens (tertiary/aromatic N) is 2. The lowest BCUT2D eigenvalue weighted by atomic mass is 10.2. The molecule has 0 aromatic heterocycles. The Morgan fingerprint density at radius 1 is 1.23 bits per heavy atom. The Morgan fingerprint density at radius 2 is 2.04 bits per heavy atom. The van der Waals surface area contributed by atoms with Crippen molar-refractivity contribution in [3.63, 3.8) is 0 Å². The molecular formula is C19H32N4O3. The van der Waals surface area contributed by atoms with Gasteiger partial charge in [-0.1, -0.05) is 0 Å². The number of guanidine groups is 1. The third-order valence-electron chi connectivity index (χ3n) is 4.08. The van der Waals surface area contributed by atoms with Gasteiger partial charge in [-0.2, -0.15) is 0 Å². The van der Waals surface area contributed by atoms with Crippen LogP contribution in [0.4, 0.5) is 5.69 Å². The Hall–Kier alpha value is -1.99. The first-order chi connectivity index (χ1) is 12.8. The first-order valence-corrected chi connectivity index (χ1v) is 9.43. The molecule has 1 aliphatic heterocycles. The molecule has 7 nitrogen and oxygen atoms in total. The number of hydrogen-bond donors (Lipinski definition) is 2. The molecule has 1 saturated heterocycles. The Kier molecular flexibility index (Phi) is 9.06. The molecule has 7 heteroatoms. The molecular weight excluding hydrogens is 332 g/mol. The van der Waals surface area contributed by atoms with Gasteiger partial charge >= 0.3 is 0 Å². The second kappa shape index (κ2) is 11.6. The maximum Gasteiger partial charge on any atom is 0.195 e. The van der Waals surface area contributed by atoms with E-state index in [9.17, 15) is 0 Å². The fraction of sp³-hybridized carbons (Fsp3) is 0.632. The second-order valence-corrected chi connectivity index (χ2v) is 5.99. The largest absolute Gasteiger partial charge is 0.493 e. The average Bonchev–Trinajstić information content (AvgIpc) is 2.67. The van der Waals surface area contributed by atoms with E-state index in [2.05, 4.69) is 27.4 Å². The zero-order valence-corrected chi connectivity index (χ0v) is 16.2. The van der Waals surface area contributed by atoms with E-state index >= 15 is 0 Å². The van der Waals surface area contributed by atoms with Crippen LogP contribution in [-0.2, 0) is 4.74 Å². The van der Waals surface area contributed by atoms with E-state index < -0.39 is 0 Å². The van der Waals surface area contributed by atoms with Crippen molar-refractivity contribution in [1.29, 1.82) is 0 Å². The highest BCUT2D eigenvalue weighted by Crippen LogP contribution is 2.30. The lowest BCUT2D eigenvalue weighted by molar-refractivity contribution is 0.0377. The lowest BCUT2D eigenvalue weighted by Crippen LogP contribution is -2.37. The van der Waals surface area contributed by atoms with Gasteiger partial charge in [-0.15, -0.1) is 0 Å². The topological polar surface area (TPSA) is 67.4 Å². The number of ether oxygens (including phenoxy) is 3. The summed E-state index contributed by atoms with van der Waals surface area (Å²) in [5.74, 6) is 2.23. The molecule has 2 N–H and O–H groups in total. The molecule has 0 spiro atoms. The third-order valence-corrected chi connectivity index (χ3v) is 4.08. The van der Waals surface area contributed by atoms with Crippen molar-refractivity contribution >= 4 is 11.6 Å². The second-order valence-electron chi connectivity index (χ2n) is 5.99. The molecule has 0 amide bonds. The Bertz CT molecular complexity index is 560. The summed E-state index contributed by atoms with van der Waals surface area (Å²) in [4.78, 5) is 7.10. The quantitative estimate of drug-likeness (QED) is 0.398. The highest BCUT2D eigenvalue weighted by molar-refractivity contribution is 5.93. The van der Waals surface area contributed by atoms with Crippen LogP contribution in [0.25, 0.3) is 0 Å². The summed E-state index contributed by atoms with van der Waals surface area (Å²) in [6, 6.07) is 5.80. The highest BCUT2D eigenvalue weighted by atomic mass is 16.5. The number of anilines is 1. The summed E-state index contributed by atoms with van der Waals surface area (Å²) in [7, 11) is 1.65. The van der Waals surface area contributed by atoms with E-state index in [1.807, 2.05) is 25.1 Å². The smallest absolute Gasteiger partial charge is 0.195 e. The van der Waals surface area contributed by atoms with Crippen molar-refractivity contribution in [3.05, 3.63) is 18.2 Å². The van der Waals surface area contributed by atoms with Gasteiger partial charge in [-0.05, 0) is 32.4 Å². The van der Waals surface area contributed by atoms with Gasteiger partial charge in [-0.25, -0.2) is 0 Å². The first kappa shape index (κ1) is 20.3. The molecule has 1 aliphatic rings. The van der Waals surface area contributed by atoms with Gasteiger partial charge in [-0.3, -0.25) is 9.89 Å². The minimum absolute atomic E-state index is 0.608. The van der Waals surface area contributed by atoms with Crippen LogP contribution < -0.4 is 20.1 Å². The van der Waals surface area contributed by atoms with Crippen molar-refractivity contribution in [2.45, 2.75) is 20.3 Å². The summed E-state index contributed by atoms with van der Waals surface area (Å²) in [6.45, 7) is 11.0. The van der Waals surface area contributed by atoms with Crippen molar-refractivity contribution in [1.82, 2.24) is 10.2 Å². The predicted molar refractivity (Wildman–Crippen MR) is 106 cm³/mol. The fourth-order valence-corrected chi connectivity index (χ4v) is 2.77. The Labute approximate surface area is 156 Å². The van der Waals surface area contributed by atoms with Crippen molar-refractivity contribution in [2.24, 2.45) is 4.99 Å². The van der Waals surface area contributed by atoms with E-state index in [1.54, 1.807) is 7.11 Å². The Balaban J connectivity index is 1.89. The molecule has 146 valence electrons. The van der Waals surface area contributed by atoms with Crippen molar-refractivity contribution < 1.29 is 14.2 Å². The van der Waals surface area contributed by atoms with Crippen molar-refractivity contribution in [3.8, 4) is 11.5 Å². The third kappa shape index (κ3) is 6.72. The van der Waals surface area contributed by atoms with Crippen LogP contribution in [0.5, 0.6) is 11.5 Å². The molecule has 0 unspecified atom stereocenters. The van der Waals surface area contributed by atoms with Crippen LogP contribution in [-0.4, -0.2) is 70.5 Å². The number of aliphatic imine (C=N–C) groups is 1. The van der Waals surface area contributed by atoms with Gasteiger partial charge in [0.2, 0.25) is 0 Å². The lowest BCUT2D eigenvalue weighted by Gasteiger charge is -2.26. The molecule has 1 heterocycles. The highest BCUT2D eigenvalue weighted by Gasteiger charge is 2.09. The van der Waals surface area contributed by atoms with Crippen LogP contribution in [0.2, 0.25) is 0 Å². The molecule has 0 bridgehead atoms. The van der Waals surface area contributed by atoms with Gasteiger partial charge in [0.25, 0.3) is 0 Å². The average molecular weight is 364 g/mol. The van der Waals surface area contributed by atoms with E-state index in [-0.39, 0.29) is 0 Å². The minimum Gasteiger partial charge on any atom is -0.493 e. The monoisotopic (exact) mass is 364 g/mol. The minimum atomic E-state index is 0.608. The number of morpholine rings is 1. The molecule has 1 aromatic rings. The predicted octanol–water partition coefficient (Wildman–Crippen LogP) is 2.19. The van der Waals surface area contributed by atoms with Gasteiger partial charge in [0.05, 0.1) is 26.9 Å². The molecule has 0 atom stereocenters. The summed E-state index contributed by atoms with van der Waals surface area (Å²) >= 11 is 0. The van der Waals surface area contributed by atoms with Crippen LogP contribution >= 0.6 is 0 Å². The number of hydrogen-bond acceptors (Lipinski definition) is 5. The summed E-state index contributed by atoms with van der Waals surface area (Å²) in [5, 5.41) is 6.61. The van der Waals surface area contributed by atoms with E-state index in [1.165, 1.54) is 0 Å². The number of benzene rings is 1. The number of rotatable bonds is 9. The maximum absolute atomic E-state index is 5.56. The molecule has 2 rings (SSSR count). The van der Waals surface area contributed by atoms with Crippen molar-refractivity contribution in [2.75, 3.05) is 65.0 Å². The molecule has 1 aromatic carbocycles. The molecule has 0 radical (unpaired) electrons. The van der Waals surface area contributed by atoms with Gasteiger partial charge in [0.15, 0.2) is 17.5 Å². The standard InChI is InChI=1S/C19H32N4O3/c1-4-20-19(21-9-6-10-23-11-13-25-14-12-23)22-16-7-8-17(26-5-2)18(15-16)24-3/h7-8,15H,4-6,9-14H2,1-3H3,(H2,20,21,22). The first-order valence-electron chi connectivity index (χ1n) is 9.43. The zero-order chi connectivity index (χ0) is 18.6. The summed E-state index contributed by atoms with van der Waals surface area (Å²) in [5.41, 5.74) is 0.915. The zero-order valence-electron chi connectivity index (χ0n) is 16.2. The van der Waals surface area contributed by atoms with Gasteiger partial charge < -0.3 is 24.8 Å².